The van der Waals surface area contributed by atoms with Crippen molar-refractivity contribution < 1.29 is 9.15 Å². The summed E-state index contributed by atoms with van der Waals surface area (Å²) in [5.41, 5.74) is 2.25. The first kappa shape index (κ1) is 26.4. The number of aromatic nitrogens is 4. The molecule has 0 aliphatic carbocycles. The van der Waals surface area contributed by atoms with Crippen LogP contribution in [0.5, 0.6) is 5.75 Å². The molecule has 2 aliphatic heterocycles. The Morgan fingerprint density at radius 3 is 2.14 bits per heavy atom. The molecule has 0 atom stereocenters. The zero-order valence-corrected chi connectivity index (χ0v) is 24.3. The highest BCUT2D eigenvalue weighted by atomic mass is 32.2. The number of anilines is 4. The second-order valence-corrected chi connectivity index (χ2v) is 11.2. The van der Waals surface area contributed by atoms with E-state index in [-0.39, 0.29) is 0 Å². The predicted octanol–water partition coefficient (Wildman–Crippen LogP) is 4.83. The van der Waals surface area contributed by atoms with Crippen molar-refractivity contribution in [1.82, 2.24) is 20.2 Å². The van der Waals surface area contributed by atoms with Crippen molar-refractivity contribution in [2.75, 3.05) is 79.1 Å². The molecule has 0 N–H and O–H groups in total. The van der Waals surface area contributed by atoms with Gasteiger partial charge in [-0.1, -0.05) is 52.7 Å². The van der Waals surface area contributed by atoms with Crippen LogP contribution in [0.1, 0.15) is 0 Å². The number of ether oxygens (including phenoxy) is 1. The smallest absolute Gasteiger partial charge is 0.318 e. The Morgan fingerprint density at radius 2 is 1.33 bits per heavy atom. The average Bonchev–Trinajstić information content (AvgIpc) is 3.53. The molecular weight excluding hydrogens is 548 g/mol. The lowest BCUT2D eigenvalue weighted by atomic mass is 10.2. The third kappa shape index (κ3) is 5.39. The summed E-state index contributed by atoms with van der Waals surface area (Å²) in [6, 6.07) is 27.3. The van der Waals surface area contributed by atoms with Gasteiger partial charge in [-0.3, -0.25) is 0 Å². The number of benzene rings is 3. The van der Waals surface area contributed by atoms with Crippen molar-refractivity contribution in [3.05, 3.63) is 78.9 Å². The standard InChI is InChI=1S/C31H32N8O2S/c1-40-26-13-7-8-14-27(26)42-31-35-34-30(41-31)39-21-19-38(20-22-39)29-32-25-12-6-5-11-24(25)28(33-29)37-17-15-36(16-18-37)23-9-3-2-4-10-23/h2-14H,15-22H2,1H3. The molecular formula is C31H32N8O2S. The molecule has 0 bridgehead atoms. The van der Waals surface area contributed by atoms with Crippen LogP contribution in [0, 0.1) is 0 Å². The van der Waals surface area contributed by atoms with Gasteiger partial charge >= 0.3 is 6.01 Å². The summed E-state index contributed by atoms with van der Waals surface area (Å²) in [7, 11) is 1.66. The predicted molar refractivity (Wildman–Crippen MR) is 166 cm³/mol. The van der Waals surface area contributed by atoms with Crippen LogP contribution in [-0.4, -0.2) is 79.6 Å². The normalized spacial score (nSPS) is 15.8. The summed E-state index contributed by atoms with van der Waals surface area (Å²) in [5, 5.41) is 10.2. The highest BCUT2D eigenvalue weighted by molar-refractivity contribution is 7.99. The van der Waals surface area contributed by atoms with Gasteiger partial charge in [0.05, 0.1) is 17.5 Å². The van der Waals surface area contributed by atoms with E-state index in [0.29, 0.717) is 11.2 Å². The zero-order valence-electron chi connectivity index (χ0n) is 23.5. The Balaban J connectivity index is 1.04. The van der Waals surface area contributed by atoms with Crippen LogP contribution >= 0.6 is 11.8 Å². The van der Waals surface area contributed by atoms with Crippen molar-refractivity contribution in [2.45, 2.75) is 10.1 Å². The lowest BCUT2D eigenvalue weighted by Crippen LogP contribution is -2.48. The van der Waals surface area contributed by atoms with Gasteiger partial charge in [0.25, 0.3) is 5.22 Å². The Labute approximate surface area is 248 Å². The van der Waals surface area contributed by atoms with Gasteiger partial charge in [0, 0.05) is 63.4 Å². The molecule has 4 heterocycles. The van der Waals surface area contributed by atoms with Crippen molar-refractivity contribution in [2.24, 2.45) is 0 Å². The molecule has 5 aromatic rings. The van der Waals surface area contributed by atoms with Gasteiger partial charge in [-0.2, -0.15) is 4.98 Å². The lowest BCUT2D eigenvalue weighted by molar-refractivity contribution is 0.403. The van der Waals surface area contributed by atoms with Gasteiger partial charge in [-0.05, 0) is 48.2 Å². The Kier molecular flexibility index (Phi) is 7.40. The summed E-state index contributed by atoms with van der Waals surface area (Å²) in [6.07, 6.45) is 0. The highest BCUT2D eigenvalue weighted by Gasteiger charge is 2.26. The largest absolute Gasteiger partial charge is 0.496 e. The summed E-state index contributed by atoms with van der Waals surface area (Å²) in [4.78, 5) is 20.3. The second-order valence-electron chi connectivity index (χ2n) is 10.3. The molecule has 0 amide bonds. The Hall–Kier alpha value is -4.51. The second kappa shape index (κ2) is 11.8. The van der Waals surface area contributed by atoms with Crippen LogP contribution in [0.4, 0.5) is 23.5 Å². The Morgan fingerprint density at radius 1 is 0.667 bits per heavy atom. The van der Waals surface area contributed by atoms with E-state index in [2.05, 4.69) is 78.3 Å². The topological polar surface area (TPSA) is 86.9 Å². The first-order valence-corrected chi connectivity index (χ1v) is 15.0. The van der Waals surface area contributed by atoms with E-state index in [1.54, 1.807) is 7.11 Å². The van der Waals surface area contributed by atoms with Gasteiger partial charge < -0.3 is 28.8 Å². The molecule has 0 spiro atoms. The van der Waals surface area contributed by atoms with Gasteiger partial charge in [-0.15, -0.1) is 0 Å². The van der Waals surface area contributed by atoms with Crippen LogP contribution in [0.25, 0.3) is 10.9 Å². The van der Waals surface area contributed by atoms with Crippen molar-refractivity contribution in [3.8, 4) is 5.75 Å². The van der Waals surface area contributed by atoms with Gasteiger partial charge in [-0.25, -0.2) is 4.98 Å². The number of nitrogens with zero attached hydrogens (tertiary/aromatic N) is 8. The van der Waals surface area contributed by atoms with Crippen molar-refractivity contribution in [1.29, 1.82) is 0 Å². The summed E-state index contributed by atoms with van der Waals surface area (Å²) in [6.45, 7) is 6.74. The van der Waals surface area contributed by atoms with Crippen LogP contribution in [0.15, 0.2) is 93.4 Å². The van der Waals surface area contributed by atoms with Gasteiger partial charge in [0.15, 0.2) is 0 Å². The minimum absolute atomic E-state index is 0.492. The molecule has 2 fully saturated rings. The third-order valence-corrected chi connectivity index (χ3v) is 8.66. The van der Waals surface area contributed by atoms with E-state index < -0.39 is 0 Å². The summed E-state index contributed by atoms with van der Waals surface area (Å²) < 4.78 is 11.5. The van der Waals surface area contributed by atoms with Gasteiger partial charge in [0.1, 0.15) is 11.6 Å². The van der Waals surface area contributed by atoms with Crippen LogP contribution in [0.3, 0.4) is 0 Å². The molecule has 2 saturated heterocycles. The molecule has 11 heteroatoms. The Bertz CT molecular complexity index is 1650. The van der Waals surface area contributed by atoms with Crippen LogP contribution in [-0.2, 0) is 0 Å². The fourth-order valence-electron chi connectivity index (χ4n) is 5.51. The van der Waals surface area contributed by atoms with E-state index in [1.165, 1.54) is 17.4 Å². The average molecular weight is 581 g/mol. The minimum Gasteiger partial charge on any atom is -0.496 e. The van der Waals surface area contributed by atoms with E-state index in [1.807, 2.05) is 30.3 Å². The highest BCUT2D eigenvalue weighted by Crippen LogP contribution is 2.35. The van der Waals surface area contributed by atoms with Gasteiger partial charge in [0.2, 0.25) is 5.95 Å². The molecule has 0 radical (unpaired) electrons. The number of fused-ring (bicyclic) bond motifs is 1. The van der Waals surface area contributed by atoms with E-state index >= 15 is 0 Å². The SMILES string of the molecule is COc1ccccc1Sc1nnc(N2CCN(c3nc(N4CCN(c5ccccc5)CC4)c4ccccc4n3)CC2)o1. The van der Waals surface area contributed by atoms with E-state index in [0.717, 1.165) is 85.7 Å². The molecule has 214 valence electrons. The zero-order chi connectivity index (χ0) is 28.3. The van der Waals surface area contributed by atoms with Crippen LogP contribution in [0.2, 0.25) is 0 Å². The summed E-state index contributed by atoms with van der Waals surface area (Å²) in [5.74, 6) is 2.57. The molecule has 42 heavy (non-hydrogen) atoms. The number of hydrogen-bond donors (Lipinski definition) is 0. The number of piperazine rings is 2. The number of hydrogen-bond acceptors (Lipinski definition) is 11. The molecule has 2 aromatic heterocycles. The maximum absolute atomic E-state index is 6.01. The van der Waals surface area contributed by atoms with E-state index in [9.17, 15) is 0 Å². The molecule has 3 aromatic carbocycles. The van der Waals surface area contributed by atoms with Crippen LogP contribution < -0.4 is 24.3 Å². The maximum atomic E-state index is 6.01. The fraction of sp³-hybridized carbons (Fsp3) is 0.290. The molecule has 0 saturated carbocycles. The minimum atomic E-state index is 0.492. The quantitative estimate of drug-likeness (QED) is 0.265. The monoisotopic (exact) mass is 580 g/mol. The summed E-state index contributed by atoms with van der Waals surface area (Å²) >= 11 is 1.41. The maximum Gasteiger partial charge on any atom is 0.318 e. The number of para-hydroxylation sites is 3. The first-order chi connectivity index (χ1) is 20.7. The number of rotatable bonds is 7. The van der Waals surface area contributed by atoms with Crippen molar-refractivity contribution >= 4 is 46.1 Å². The third-order valence-electron chi connectivity index (χ3n) is 7.77. The fourth-order valence-corrected chi connectivity index (χ4v) is 6.30. The number of methoxy groups -OCH3 is 1. The molecule has 0 unspecified atom stereocenters. The van der Waals surface area contributed by atoms with Crippen molar-refractivity contribution in [3.63, 3.8) is 0 Å². The lowest BCUT2D eigenvalue weighted by Gasteiger charge is -2.38. The first-order valence-electron chi connectivity index (χ1n) is 14.2. The molecule has 2 aliphatic rings. The molecule has 10 nitrogen and oxygen atoms in total. The van der Waals surface area contributed by atoms with E-state index in [4.69, 9.17) is 19.1 Å². The molecule has 7 rings (SSSR count).